The number of Topliss-reactive ketones (excluding diaryl/α,β-unsaturated/α-hetero) is 1. The topological polar surface area (TPSA) is 52.6 Å². The summed E-state index contributed by atoms with van der Waals surface area (Å²) in [6.45, 7) is 0.341. The Morgan fingerprint density at radius 2 is 1.77 bits per heavy atom. The molecule has 168 valence electrons. The van der Waals surface area contributed by atoms with Gasteiger partial charge in [-0.2, -0.15) is 13.2 Å². The highest BCUT2D eigenvalue weighted by Crippen LogP contribution is 2.37. The Morgan fingerprint density at radius 1 is 1.13 bits per heavy atom. The molecule has 1 heterocycles. The minimum atomic E-state index is -4.50. The number of aliphatic hydroxyl groups is 1. The second-order valence-electron chi connectivity index (χ2n) is 7.89. The number of likely N-dealkylation sites (tertiary alicyclic amines) is 1. The van der Waals surface area contributed by atoms with Crippen LogP contribution in [0.15, 0.2) is 54.6 Å². The van der Waals surface area contributed by atoms with Gasteiger partial charge in [0.1, 0.15) is 0 Å². The first-order valence-corrected chi connectivity index (χ1v) is 10.2. The highest BCUT2D eigenvalue weighted by molar-refractivity contribution is 6.00. The summed E-state index contributed by atoms with van der Waals surface area (Å²) in [7, 11) is 1.60. The maximum Gasteiger partial charge on any atom is 0.416 e. The fraction of sp³-hybridized carbons (Fsp3) is 0.435. The largest absolute Gasteiger partial charge is 0.416 e. The van der Waals surface area contributed by atoms with E-state index in [0.717, 1.165) is 12.1 Å². The van der Waals surface area contributed by atoms with E-state index in [4.69, 9.17) is 0 Å². The van der Waals surface area contributed by atoms with Gasteiger partial charge in [-0.1, -0.05) is 42.5 Å². The summed E-state index contributed by atoms with van der Waals surface area (Å²) in [4.78, 5) is 14.1. The van der Waals surface area contributed by atoms with Gasteiger partial charge in [0, 0.05) is 25.1 Å². The summed E-state index contributed by atoms with van der Waals surface area (Å²) in [6.07, 6.45) is -5.77. The second kappa shape index (κ2) is 9.46. The standard InChI is InChI=1S/C23H26F4N2O2/c1-28-19(21(30)16-6-3-2-4-7-16)15-20(24)29-12-10-22(31,11-13-29)17-8-5-9-18(14-17)23(25,26)27/h2-9,14,19-20,28,31H,10-13,15H2,1H3. The van der Waals surface area contributed by atoms with Gasteiger partial charge in [-0.25, -0.2) is 4.39 Å². The van der Waals surface area contributed by atoms with Crippen molar-refractivity contribution in [1.82, 2.24) is 10.2 Å². The van der Waals surface area contributed by atoms with Gasteiger partial charge in [0.05, 0.1) is 17.2 Å². The van der Waals surface area contributed by atoms with E-state index in [9.17, 15) is 27.5 Å². The minimum absolute atomic E-state index is 0.0633. The predicted octanol–water partition coefficient (Wildman–Crippen LogP) is 4.15. The lowest BCUT2D eigenvalue weighted by Gasteiger charge is -2.40. The lowest BCUT2D eigenvalue weighted by atomic mass is 9.83. The number of alkyl halides is 4. The molecule has 1 aliphatic heterocycles. The minimum Gasteiger partial charge on any atom is -0.385 e. The van der Waals surface area contributed by atoms with Crippen molar-refractivity contribution in [2.45, 2.75) is 43.4 Å². The maximum atomic E-state index is 15.0. The van der Waals surface area contributed by atoms with Crippen molar-refractivity contribution < 1.29 is 27.5 Å². The fourth-order valence-corrected chi connectivity index (χ4v) is 3.95. The van der Waals surface area contributed by atoms with E-state index >= 15 is 0 Å². The van der Waals surface area contributed by atoms with Crippen LogP contribution in [0.5, 0.6) is 0 Å². The number of nitrogens with zero attached hydrogens (tertiary/aromatic N) is 1. The monoisotopic (exact) mass is 438 g/mol. The van der Waals surface area contributed by atoms with Gasteiger partial charge in [-0.15, -0.1) is 0 Å². The summed E-state index contributed by atoms with van der Waals surface area (Å²) in [5.41, 5.74) is -1.59. The number of halogens is 4. The highest BCUT2D eigenvalue weighted by Gasteiger charge is 2.39. The molecular formula is C23H26F4N2O2. The predicted molar refractivity (Wildman–Crippen MR) is 109 cm³/mol. The van der Waals surface area contributed by atoms with Crippen molar-refractivity contribution in [1.29, 1.82) is 0 Å². The van der Waals surface area contributed by atoms with Crippen LogP contribution in [0.1, 0.15) is 40.7 Å². The first kappa shape index (κ1) is 23.4. The lowest BCUT2D eigenvalue weighted by molar-refractivity contribution is -0.137. The van der Waals surface area contributed by atoms with Crippen LogP contribution in [-0.2, 0) is 11.8 Å². The number of hydrogen-bond acceptors (Lipinski definition) is 4. The molecule has 0 radical (unpaired) electrons. The summed E-state index contributed by atoms with van der Waals surface area (Å²) in [5, 5.41) is 13.8. The molecule has 0 saturated carbocycles. The van der Waals surface area contributed by atoms with E-state index in [2.05, 4.69) is 5.32 Å². The fourth-order valence-electron chi connectivity index (χ4n) is 3.95. The van der Waals surface area contributed by atoms with E-state index in [1.807, 2.05) is 0 Å². The Hall–Kier alpha value is -2.29. The molecular weight excluding hydrogens is 412 g/mol. The molecule has 0 aliphatic carbocycles. The number of ketones is 1. The average molecular weight is 438 g/mol. The molecule has 0 bridgehead atoms. The summed E-state index contributed by atoms with van der Waals surface area (Å²) in [6, 6.07) is 12.6. The van der Waals surface area contributed by atoms with Crippen LogP contribution in [0.2, 0.25) is 0 Å². The van der Waals surface area contributed by atoms with Gasteiger partial charge < -0.3 is 10.4 Å². The summed E-state index contributed by atoms with van der Waals surface area (Å²) >= 11 is 0. The zero-order valence-corrected chi connectivity index (χ0v) is 17.2. The quantitative estimate of drug-likeness (QED) is 0.388. The summed E-state index contributed by atoms with van der Waals surface area (Å²) < 4.78 is 54.0. The Bertz CT molecular complexity index is 881. The molecule has 31 heavy (non-hydrogen) atoms. The van der Waals surface area contributed by atoms with Gasteiger partial charge in [0.25, 0.3) is 0 Å². The maximum absolute atomic E-state index is 15.0. The molecule has 4 nitrogen and oxygen atoms in total. The number of benzene rings is 2. The first-order chi connectivity index (χ1) is 14.6. The van der Waals surface area contributed by atoms with Gasteiger partial charge in [0.15, 0.2) is 12.1 Å². The molecule has 1 fully saturated rings. The Kier molecular flexibility index (Phi) is 7.13. The van der Waals surface area contributed by atoms with E-state index in [1.165, 1.54) is 17.0 Å². The molecule has 0 spiro atoms. The van der Waals surface area contributed by atoms with Crippen LogP contribution in [0, 0.1) is 0 Å². The third kappa shape index (κ3) is 5.50. The smallest absolute Gasteiger partial charge is 0.385 e. The number of rotatable bonds is 7. The normalized spacial score (nSPS) is 19.0. The molecule has 8 heteroatoms. The third-order valence-corrected chi connectivity index (χ3v) is 5.90. The number of likely N-dealkylation sites (N-methyl/N-ethyl adjacent to an activating group) is 1. The molecule has 3 rings (SSSR count). The van der Waals surface area contributed by atoms with Gasteiger partial charge in [-0.05, 0) is 37.6 Å². The number of hydrogen-bond donors (Lipinski definition) is 2. The molecule has 2 unspecified atom stereocenters. The second-order valence-corrected chi connectivity index (χ2v) is 7.89. The number of nitrogens with one attached hydrogen (secondary N) is 1. The van der Waals surface area contributed by atoms with Gasteiger partial charge in [0.2, 0.25) is 0 Å². The van der Waals surface area contributed by atoms with E-state index < -0.39 is 29.7 Å². The molecule has 2 N–H and O–H groups in total. The van der Waals surface area contributed by atoms with E-state index in [-0.39, 0.29) is 43.7 Å². The molecule has 2 aromatic carbocycles. The number of carbonyl (C=O) groups is 1. The SMILES string of the molecule is CNC(CC(F)N1CCC(O)(c2cccc(C(F)(F)F)c2)CC1)C(=O)c1ccccc1. The molecule has 1 aliphatic rings. The van der Waals surface area contributed by atoms with Crippen LogP contribution in [0.25, 0.3) is 0 Å². The van der Waals surface area contributed by atoms with Crippen molar-refractivity contribution >= 4 is 5.78 Å². The Labute approximate surface area is 178 Å². The van der Waals surface area contributed by atoms with Crippen molar-refractivity contribution in [3.8, 4) is 0 Å². The molecule has 2 aromatic rings. The van der Waals surface area contributed by atoms with Crippen LogP contribution in [0.4, 0.5) is 17.6 Å². The third-order valence-electron chi connectivity index (χ3n) is 5.90. The average Bonchev–Trinajstić information content (AvgIpc) is 2.77. The van der Waals surface area contributed by atoms with Crippen LogP contribution < -0.4 is 5.32 Å². The van der Waals surface area contributed by atoms with Crippen LogP contribution in [-0.4, -0.2) is 48.3 Å². The van der Waals surface area contributed by atoms with Crippen molar-refractivity contribution in [2.75, 3.05) is 20.1 Å². The van der Waals surface area contributed by atoms with Crippen LogP contribution in [0.3, 0.4) is 0 Å². The van der Waals surface area contributed by atoms with Gasteiger partial charge >= 0.3 is 6.18 Å². The van der Waals surface area contributed by atoms with Crippen molar-refractivity contribution in [3.05, 3.63) is 71.3 Å². The molecule has 1 saturated heterocycles. The van der Waals surface area contributed by atoms with E-state index in [0.29, 0.717) is 5.56 Å². The van der Waals surface area contributed by atoms with Crippen molar-refractivity contribution in [3.63, 3.8) is 0 Å². The van der Waals surface area contributed by atoms with E-state index in [1.54, 1.807) is 37.4 Å². The first-order valence-electron chi connectivity index (χ1n) is 10.2. The Balaban J connectivity index is 1.63. The van der Waals surface area contributed by atoms with Crippen LogP contribution >= 0.6 is 0 Å². The molecule has 0 aromatic heterocycles. The van der Waals surface area contributed by atoms with Gasteiger partial charge in [-0.3, -0.25) is 9.69 Å². The Morgan fingerprint density at radius 3 is 2.35 bits per heavy atom. The molecule has 2 atom stereocenters. The number of carbonyl (C=O) groups excluding carboxylic acids is 1. The number of piperidine rings is 1. The lowest BCUT2D eigenvalue weighted by Crippen LogP contribution is -2.48. The molecule has 0 amide bonds. The van der Waals surface area contributed by atoms with Crippen molar-refractivity contribution in [2.24, 2.45) is 0 Å². The zero-order chi connectivity index (χ0) is 22.6. The summed E-state index contributed by atoms with van der Waals surface area (Å²) in [5.74, 6) is -0.205. The zero-order valence-electron chi connectivity index (χ0n) is 17.2. The highest BCUT2D eigenvalue weighted by atomic mass is 19.4.